The Kier molecular flexibility index (Phi) is 6.38. The van der Waals surface area contributed by atoms with Gasteiger partial charge in [0.25, 0.3) is 5.91 Å². The molecule has 2 aromatic carbocycles. The molecule has 0 saturated carbocycles. The fourth-order valence-corrected chi connectivity index (χ4v) is 3.67. The highest BCUT2D eigenvalue weighted by Crippen LogP contribution is 2.36. The highest BCUT2D eigenvalue weighted by atomic mass is 19.4. The molecule has 2 atom stereocenters. The maximum atomic E-state index is 13.1. The average molecular weight is 460 g/mol. The summed E-state index contributed by atoms with van der Waals surface area (Å²) in [7, 11) is 0. The lowest BCUT2D eigenvalue weighted by Gasteiger charge is -2.38. The molecule has 0 unspecified atom stereocenters. The number of halogens is 6. The fourth-order valence-electron chi connectivity index (χ4n) is 3.67. The first kappa shape index (κ1) is 23.4. The van der Waals surface area contributed by atoms with Crippen molar-refractivity contribution in [1.82, 2.24) is 10.2 Å². The lowest BCUT2D eigenvalue weighted by Crippen LogP contribution is -2.51. The molecule has 0 bridgehead atoms. The topological polar surface area (TPSA) is 69.6 Å². The number of hydrogen-bond donors (Lipinski definition) is 2. The highest BCUT2D eigenvalue weighted by Gasteiger charge is 2.38. The molecule has 1 aliphatic heterocycles. The Morgan fingerprint density at radius 1 is 0.938 bits per heavy atom. The first-order valence-electron chi connectivity index (χ1n) is 9.49. The molecular weight excluding hydrogens is 442 g/mol. The Bertz CT molecular complexity index is 959. The Labute approximate surface area is 178 Å². The Balaban J connectivity index is 1.91. The smallest absolute Gasteiger partial charge is 0.416 e. The number of carbonyl (C=O) groups excluding carboxylic acids is 1. The van der Waals surface area contributed by atoms with Crippen molar-refractivity contribution >= 4 is 12.0 Å². The zero-order chi connectivity index (χ0) is 23.7. The summed E-state index contributed by atoms with van der Waals surface area (Å²) in [5, 5.41) is 11.8. The summed E-state index contributed by atoms with van der Waals surface area (Å²) >= 11 is 0. The van der Waals surface area contributed by atoms with E-state index in [1.165, 1.54) is 0 Å². The number of nitrogens with one attached hydrogen (secondary N) is 1. The predicted octanol–water partition coefficient (Wildman–Crippen LogP) is 4.99. The molecule has 11 heteroatoms. The third-order valence-corrected chi connectivity index (χ3v) is 5.28. The molecule has 32 heavy (non-hydrogen) atoms. The molecule has 1 saturated heterocycles. The summed E-state index contributed by atoms with van der Waals surface area (Å²) in [5.74, 6) is -1.63. The number of carbonyl (C=O) groups is 2. The lowest BCUT2D eigenvalue weighted by atomic mass is 9.86. The number of carboxylic acid groups (broad SMARTS) is 1. The van der Waals surface area contributed by atoms with Crippen molar-refractivity contribution in [2.45, 2.75) is 30.7 Å². The van der Waals surface area contributed by atoms with Gasteiger partial charge in [-0.15, -0.1) is 0 Å². The molecular formula is C21H18F6N2O3. The van der Waals surface area contributed by atoms with Gasteiger partial charge in [0.2, 0.25) is 0 Å². The molecule has 2 aromatic rings. The minimum atomic E-state index is -5.07. The average Bonchev–Trinajstić information content (AvgIpc) is 2.73. The zero-order valence-corrected chi connectivity index (χ0v) is 16.4. The summed E-state index contributed by atoms with van der Waals surface area (Å²) in [5.41, 5.74) is -3.26. The van der Waals surface area contributed by atoms with Crippen LogP contribution in [0.15, 0.2) is 48.5 Å². The predicted molar refractivity (Wildman–Crippen MR) is 101 cm³/mol. The van der Waals surface area contributed by atoms with Crippen molar-refractivity contribution in [2.75, 3.05) is 13.1 Å². The van der Waals surface area contributed by atoms with Crippen LogP contribution in [0.2, 0.25) is 0 Å². The van der Waals surface area contributed by atoms with Crippen molar-refractivity contribution in [3.8, 4) is 0 Å². The maximum absolute atomic E-state index is 13.1. The zero-order valence-electron chi connectivity index (χ0n) is 16.4. The van der Waals surface area contributed by atoms with E-state index in [1.807, 2.05) is 0 Å². The van der Waals surface area contributed by atoms with Gasteiger partial charge < -0.3 is 15.3 Å². The molecule has 1 heterocycles. The Hall–Kier alpha value is -3.24. The largest absolute Gasteiger partial charge is 0.465 e. The molecule has 2 N–H and O–H groups in total. The van der Waals surface area contributed by atoms with Crippen molar-refractivity contribution < 1.29 is 41.0 Å². The SMILES string of the molecule is O=C(N[C@@H]1CCN(C(=O)O)C[C@H]1c1ccccc1)c1cc(C(F)(F)F)cc(C(F)(F)F)c1. The molecule has 1 aliphatic rings. The molecule has 0 aliphatic carbocycles. The van der Waals surface area contributed by atoms with Crippen LogP contribution in [0.5, 0.6) is 0 Å². The number of likely N-dealkylation sites (tertiary alicyclic amines) is 1. The molecule has 5 nitrogen and oxygen atoms in total. The van der Waals surface area contributed by atoms with Crippen LogP contribution < -0.4 is 5.32 Å². The molecule has 172 valence electrons. The van der Waals surface area contributed by atoms with Gasteiger partial charge in [0.1, 0.15) is 0 Å². The van der Waals surface area contributed by atoms with Gasteiger partial charge in [0.15, 0.2) is 0 Å². The van der Waals surface area contributed by atoms with Crippen molar-refractivity contribution in [3.05, 3.63) is 70.8 Å². The Morgan fingerprint density at radius 2 is 1.50 bits per heavy atom. The van der Waals surface area contributed by atoms with Crippen LogP contribution in [0.3, 0.4) is 0 Å². The lowest BCUT2D eigenvalue weighted by molar-refractivity contribution is -0.143. The number of amides is 2. The second kappa shape index (κ2) is 8.71. The summed E-state index contributed by atoms with van der Waals surface area (Å²) < 4.78 is 78.6. The summed E-state index contributed by atoms with van der Waals surface area (Å²) in [6, 6.07) is 8.56. The monoisotopic (exact) mass is 460 g/mol. The number of benzene rings is 2. The van der Waals surface area contributed by atoms with E-state index in [4.69, 9.17) is 0 Å². The third kappa shape index (κ3) is 5.32. The van der Waals surface area contributed by atoms with Crippen LogP contribution in [-0.2, 0) is 12.4 Å². The fraction of sp³-hybridized carbons (Fsp3) is 0.333. The molecule has 0 aromatic heterocycles. The number of hydrogen-bond acceptors (Lipinski definition) is 2. The van der Waals surface area contributed by atoms with Gasteiger partial charge in [-0.25, -0.2) is 4.79 Å². The summed E-state index contributed by atoms with van der Waals surface area (Å²) in [4.78, 5) is 25.2. The Morgan fingerprint density at radius 3 is 2.00 bits per heavy atom. The van der Waals surface area contributed by atoms with Crippen LogP contribution >= 0.6 is 0 Å². The van der Waals surface area contributed by atoms with Gasteiger partial charge >= 0.3 is 18.4 Å². The minimum Gasteiger partial charge on any atom is -0.465 e. The van der Waals surface area contributed by atoms with Gasteiger partial charge in [0, 0.05) is 30.6 Å². The van der Waals surface area contributed by atoms with E-state index in [0.29, 0.717) is 17.7 Å². The molecule has 2 amide bonds. The van der Waals surface area contributed by atoms with Gasteiger partial charge in [-0.3, -0.25) is 4.79 Å². The summed E-state index contributed by atoms with van der Waals surface area (Å²) in [6.45, 7) is 0.0701. The highest BCUT2D eigenvalue weighted by molar-refractivity contribution is 5.95. The number of rotatable bonds is 3. The molecule has 0 radical (unpaired) electrons. The van der Waals surface area contributed by atoms with Crippen LogP contribution in [0, 0.1) is 0 Å². The number of nitrogens with zero attached hydrogens (tertiary/aromatic N) is 1. The summed E-state index contributed by atoms with van der Waals surface area (Å²) in [6.07, 6.45) is -11.2. The van der Waals surface area contributed by atoms with Crippen LogP contribution in [-0.4, -0.2) is 41.1 Å². The van der Waals surface area contributed by atoms with Crippen LogP contribution in [0.4, 0.5) is 31.1 Å². The van der Waals surface area contributed by atoms with E-state index < -0.39 is 53.0 Å². The quantitative estimate of drug-likeness (QED) is 0.635. The normalized spacial score (nSPS) is 19.5. The van der Waals surface area contributed by atoms with Gasteiger partial charge in [-0.1, -0.05) is 30.3 Å². The molecule has 1 fully saturated rings. The van der Waals surface area contributed by atoms with Crippen molar-refractivity contribution in [2.24, 2.45) is 0 Å². The maximum Gasteiger partial charge on any atom is 0.416 e. The first-order valence-corrected chi connectivity index (χ1v) is 9.49. The van der Waals surface area contributed by atoms with E-state index in [1.54, 1.807) is 30.3 Å². The van der Waals surface area contributed by atoms with Crippen LogP contribution in [0.1, 0.15) is 39.4 Å². The van der Waals surface area contributed by atoms with Crippen molar-refractivity contribution in [3.63, 3.8) is 0 Å². The molecule has 0 spiro atoms. The number of piperidine rings is 1. The first-order chi connectivity index (χ1) is 14.9. The van der Waals surface area contributed by atoms with Crippen LogP contribution in [0.25, 0.3) is 0 Å². The van der Waals surface area contributed by atoms with E-state index in [9.17, 15) is 41.0 Å². The second-order valence-corrected chi connectivity index (χ2v) is 7.41. The van der Waals surface area contributed by atoms with Gasteiger partial charge in [0.05, 0.1) is 11.1 Å². The van der Waals surface area contributed by atoms with Gasteiger partial charge in [-0.05, 0) is 30.2 Å². The van der Waals surface area contributed by atoms with E-state index in [0.717, 1.165) is 4.90 Å². The molecule has 3 rings (SSSR count). The number of alkyl halides is 6. The second-order valence-electron chi connectivity index (χ2n) is 7.41. The third-order valence-electron chi connectivity index (χ3n) is 5.28. The standard InChI is InChI=1S/C21H18F6N2O3/c22-20(23,24)14-8-13(9-15(10-14)21(25,26)27)18(30)28-17-6-7-29(19(31)32)11-16(17)12-4-2-1-3-5-12/h1-5,8-10,16-17H,6-7,11H2,(H,28,30)(H,31,32)/t16-,17+/m0/s1. The van der Waals surface area contributed by atoms with Gasteiger partial charge in [-0.2, -0.15) is 26.3 Å². The van der Waals surface area contributed by atoms with E-state index >= 15 is 0 Å². The van der Waals surface area contributed by atoms with E-state index in [-0.39, 0.29) is 25.6 Å². The van der Waals surface area contributed by atoms with Crippen molar-refractivity contribution in [1.29, 1.82) is 0 Å². The minimum absolute atomic E-state index is 0.0146. The van der Waals surface area contributed by atoms with E-state index in [2.05, 4.69) is 5.32 Å².